The highest BCUT2D eigenvalue weighted by atomic mass is 32.1. The normalized spacial score (nSPS) is 9.81. The molecule has 1 amide bonds. The van der Waals surface area contributed by atoms with Crippen molar-refractivity contribution in [3.8, 4) is 11.8 Å². The minimum Gasteiger partial charge on any atom is -0.395 e. The lowest BCUT2D eigenvalue weighted by Gasteiger charge is -2.03. The molecule has 2 aromatic heterocycles. The van der Waals surface area contributed by atoms with Gasteiger partial charge in [0.05, 0.1) is 29.4 Å². The molecule has 2 heterocycles. The maximum absolute atomic E-state index is 12.0. The molecule has 2 aromatic rings. The standard InChI is InChI=1S/C15H15N3O2S/c1-11-18-14(10-21-11)9-17-15(20)13-6-12(7-16-8-13)4-2-3-5-19/h6-8,10,19H,3,5,9H2,1H3,(H,17,20). The van der Waals surface area contributed by atoms with Crippen molar-refractivity contribution in [2.45, 2.75) is 19.9 Å². The van der Waals surface area contributed by atoms with E-state index in [1.54, 1.807) is 23.6 Å². The van der Waals surface area contributed by atoms with Gasteiger partial charge in [-0.05, 0) is 13.0 Å². The Morgan fingerprint density at radius 3 is 3.05 bits per heavy atom. The largest absolute Gasteiger partial charge is 0.395 e. The smallest absolute Gasteiger partial charge is 0.253 e. The van der Waals surface area contributed by atoms with Crippen LogP contribution in [0, 0.1) is 18.8 Å². The van der Waals surface area contributed by atoms with Gasteiger partial charge in [0.2, 0.25) is 0 Å². The molecule has 108 valence electrons. The Morgan fingerprint density at radius 2 is 2.33 bits per heavy atom. The number of thiazole rings is 1. The first-order valence-corrected chi connectivity index (χ1v) is 7.31. The fourth-order valence-electron chi connectivity index (χ4n) is 1.62. The van der Waals surface area contributed by atoms with E-state index in [9.17, 15) is 4.79 Å². The van der Waals surface area contributed by atoms with Gasteiger partial charge >= 0.3 is 0 Å². The molecule has 2 N–H and O–H groups in total. The summed E-state index contributed by atoms with van der Waals surface area (Å²) in [4.78, 5) is 20.3. The number of carbonyl (C=O) groups excluding carboxylic acids is 1. The fourth-order valence-corrected chi connectivity index (χ4v) is 2.23. The first-order chi connectivity index (χ1) is 10.2. The lowest BCUT2D eigenvalue weighted by Crippen LogP contribution is -2.23. The molecule has 0 atom stereocenters. The Balaban J connectivity index is 1.99. The summed E-state index contributed by atoms with van der Waals surface area (Å²) in [6.45, 7) is 2.34. The molecule has 0 bridgehead atoms. The molecule has 6 heteroatoms. The number of aliphatic hydroxyl groups excluding tert-OH is 1. The van der Waals surface area contributed by atoms with E-state index in [-0.39, 0.29) is 12.5 Å². The summed E-state index contributed by atoms with van der Waals surface area (Å²) in [5, 5.41) is 14.4. The van der Waals surface area contributed by atoms with E-state index in [2.05, 4.69) is 27.1 Å². The van der Waals surface area contributed by atoms with Gasteiger partial charge in [-0.2, -0.15) is 0 Å². The van der Waals surface area contributed by atoms with Crippen molar-refractivity contribution < 1.29 is 9.90 Å². The number of nitrogens with zero attached hydrogens (tertiary/aromatic N) is 2. The van der Waals surface area contributed by atoms with Gasteiger partial charge in [0.25, 0.3) is 5.91 Å². The number of aliphatic hydroxyl groups is 1. The van der Waals surface area contributed by atoms with Gasteiger partial charge in [-0.1, -0.05) is 11.8 Å². The third-order valence-corrected chi connectivity index (χ3v) is 3.39. The van der Waals surface area contributed by atoms with Crippen molar-refractivity contribution in [1.82, 2.24) is 15.3 Å². The number of nitrogens with one attached hydrogen (secondary N) is 1. The summed E-state index contributed by atoms with van der Waals surface area (Å²) < 4.78 is 0. The summed E-state index contributed by atoms with van der Waals surface area (Å²) in [7, 11) is 0. The van der Waals surface area contributed by atoms with E-state index in [1.807, 2.05) is 12.3 Å². The molecule has 0 spiro atoms. The van der Waals surface area contributed by atoms with E-state index >= 15 is 0 Å². The predicted octanol–water partition coefficient (Wildman–Crippen LogP) is 1.51. The first kappa shape index (κ1) is 15.2. The van der Waals surface area contributed by atoms with E-state index in [0.717, 1.165) is 10.7 Å². The number of aryl methyl sites for hydroxylation is 1. The van der Waals surface area contributed by atoms with Crippen molar-refractivity contribution in [2.24, 2.45) is 0 Å². The van der Waals surface area contributed by atoms with Crippen LogP contribution in [-0.4, -0.2) is 27.6 Å². The van der Waals surface area contributed by atoms with Crippen molar-refractivity contribution in [2.75, 3.05) is 6.61 Å². The van der Waals surface area contributed by atoms with Crippen LogP contribution in [0.4, 0.5) is 0 Å². The molecule has 0 aliphatic carbocycles. The molecular formula is C15H15N3O2S. The molecule has 0 saturated heterocycles. The molecule has 0 fully saturated rings. The summed E-state index contributed by atoms with van der Waals surface area (Å²) in [5.41, 5.74) is 1.95. The molecule has 0 unspecified atom stereocenters. The Kier molecular flexibility index (Phi) is 5.43. The van der Waals surface area contributed by atoms with Crippen LogP contribution in [0.15, 0.2) is 23.8 Å². The summed E-state index contributed by atoms with van der Waals surface area (Å²) in [6, 6.07) is 1.68. The van der Waals surface area contributed by atoms with Crippen molar-refractivity contribution >= 4 is 17.2 Å². The van der Waals surface area contributed by atoms with Gasteiger partial charge in [0, 0.05) is 29.8 Å². The first-order valence-electron chi connectivity index (χ1n) is 6.43. The van der Waals surface area contributed by atoms with Gasteiger partial charge in [-0.15, -0.1) is 11.3 Å². The zero-order valence-electron chi connectivity index (χ0n) is 11.6. The molecule has 0 aromatic carbocycles. The van der Waals surface area contributed by atoms with Crippen LogP contribution in [0.3, 0.4) is 0 Å². The summed E-state index contributed by atoms with van der Waals surface area (Å²) >= 11 is 1.55. The van der Waals surface area contributed by atoms with Gasteiger partial charge in [-0.25, -0.2) is 4.98 Å². The molecule has 21 heavy (non-hydrogen) atoms. The minimum absolute atomic E-state index is 0.0215. The zero-order valence-corrected chi connectivity index (χ0v) is 12.4. The second kappa shape index (κ2) is 7.53. The number of hydrogen-bond acceptors (Lipinski definition) is 5. The minimum atomic E-state index is -0.209. The average Bonchev–Trinajstić information content (AvgIpc) is 2.91. The monoisotopic (exact) mass is 301 g/mol. The highest BCUT2D eigenvalue weighted by Crippen LogP contribution is 2.08. The molecular weight excluding hydrogens is 286 g/mol. The van der Waals surface area contributed by atoms with Gasteiger partial charge in [-0.3, -0.25) is 9.78 Å². The topological polar surface area (TPSA) is 75.1 Å². The Bertz CT molecular complexity index is 685. The number of rotatable bonds is 4. The maximum atomic E-state index is 12.0. The van der Waals surface area contributed by atoms with E-state index in [0.29, 0.717) is 24.1 Å². The molecule has 0 saturated carbocycles. The Morgan fingerprint density at radius 1 is 1.48 bits per heavy atom. The summed E-state index contributed by atoms with van der Waals surface area (Å²) in [5.74, 6) is 5.44. The van der Waals surface area contributed by atoms with Crippen LogP contribution in [0.5, 0.6) is 0 Å². The third kappa shape index (κ3) is 4.67. The predicted molar refractivity (Wildman–Crippen MR) is 80.8 cm³/mol. The lowest BCUT2D eigenvalue weighted by atomic mass is 10.2. The number of carbonyl (C=O) groups is 1. The molecule has 0 radical (unpaired) electrons. The number of amides is 1. The van der Waals surface area contributed by atoms with Gasteiger partial charge in [0.1, 0.15) is 0 Å². The Hall–Kier alpha value is -2.23. The Labute approximate surface area is 127 Å². The molecule has 0 aliphatic rings. The fraction of sp³-hybridized carbons (Fsp3) is 0.267. The average molecular weight is 301 g/mol. The zero-order chi connectivity index (χ0) is 15.1. The van der Waals surface area contributed by atoms with E-state index in [1.165, 1.54) is 6.20 Å². The third-order valence-electron chi connectivity index (χ3n) is 2.57. The SMILES string of the molecule is Cc1nc(CNC(=O)c2cncc(C#CCCO)c2)cs1. The lowest BCUT2D eigenvalue weighted by molar-refractivity contribution is 0.0950. The van der Waals surface area contributed by atoms with Crippen LogP contribution in [0.1, 0.15) is 33.0 Å². The van der Waals surface area contributed by atoms with Crippen LogP contribution in [-0.2, 0) is 6.54 Å². The number of pyridine rings is 1. The van der Waals surface area contributed by atoms with E-state index < -0.39 is 0 Å². The van der Waals surface area contributed by atoms with E-state index in [4.69, 9.17) is 5.11 Å². The second-order valence-electron chi connectivity index (χ2n) is 4.28. The highest BCUT2D eigenvalue weighted by molar-refractivity contribution is 7.09. The van der Waals surface area contributed by atoms with Crippen LogP contribution in [0.2, 0.25) is 0 Å². The van der Waals surface area contributed by atoms with Crippen molar-refractivity contribution in [3.05, 3.63) is 45.7 Å². The van der Waals surface area contributed by atoms with Gasteiger partial charge < -0.3 is 10.4 Å². The number of aromatic nitrogens is 2. The maximum Gasteiger partial charge on any atom is 0.253 e. The molecule has 0 aliphatic heterocycles. The highest BCUT2D eigenvalue weighted by Gasteiger charge is 2.07. The van der Waals surface area contributed by atoms with Crippen LogP contribution in [0.25, 0.3) is 0 Å². The van der Waals surface area contributed by atoms with Gasteiger partial charge in [0.15, 0.2) is 0 Å². The number of hydrogen-bond donors (Lipinski definition) is 2. The second-order valence-corrected chi connectivity index (χ2v) is 5.34. The quantitative estimate of drug-likeness (QED) is 0.839. The van der Waals surface area contributed by atoms with Crippen molar-refractivity contribution in [1.29, 1.82) is 0 Å². The van der Waals surface area contributed by atoms with Crippen molar-refractivity contribution in [3.63, 3.8) is 0 Å². The van der Waals surface area contributed by atoms with Crippen LogP contribution < -0.4 is 5.32 Å². The summed E-state index contributed by atoms with van der Waals surface area (Å²) in [6.07, 6.45) is 3.49. The van der Waals surface area contributed by atoms with Crippen LogP contribution >= 0.6 is 11.3 Å². The molecule has 5 nitrogen and oxygen atoms in total. The molecule has 2 rings (SSSR count).